The Morgan fingerprint density at radius 3 is 2.55 bits per heavy atom. The summed E-state index contributed by atoms with van der Waals surface area (Å²) in [5, 5.41) is 3.00. The van der Waals surface area contributed by atoms with Gasteiger partial charge in [-0.05, 0) is 97.9 Å². The maximum absolute atomic E-state index is 12.0. The first kappa shape index (κ1) is 29.7. The molecule has 1 aliphatic carbocycles. The van der Waals surface area contributed by atoms with Crippen LogP contribution in [0.1, 0.15) is 74.7 Å². The third-order valence-corrected chi connectivity index (χ3v) is 7.43. The maximum Gasteiger partial charge on any atom is 0.142 e. The topological polar surface area (TPSA) is 75.7 Å². The molecular weight excluding hydrogens is 501 g/mol. The molecule has 2 N–H and O–H groups in total. The highest BCUT2D eigenvalue weighted by atomic mass is 19.1. The summed E-state index contributed by atoms with van der Waals surface area (Å²) in [5.74, 6) is 2.75. The lowest BCUT2D eigenvalue weighted by Gasteiger charge is -2.31. The van der Waals surface area contributed by atoms with Crippen molar-refractivity contribution in [2.75, 3.05) is 19.8 Å². The van der Waals surface area contributed by atoms with Crippen LogP contribution in [-0.4, -0.2) is 39.8 Å². The van der Waals surface area contributed by atoms with Gasteiger partial charge in [0.2, 0.25) is 0 Å². The molecule has 0 amide bonds. The Morgan fingerprint density at radius 2 is 1.80 bits per heavy atom. The molecule has 0 saturated carbocycles. The zero-order valence-corrected chi connectivity index (χ0v) is 25.0. The SMILES string of the molecule is CCCOc1ccc(-c2ccc3nc(C)[nH]c3c2)cc1CC.Cc1nc(CNCCF)nc2c1CC(C)(C)CC2. The zero-order chi connectivity index (χ0) is 28.7. The van der Waals surface area contributed by atoms with Gasteiger partial charge in [0.15, 0.2) is 0 Å². The van der Waals surface area contributed by atoms with Crippen molar-refractivity contribution < 1.29 is 9.13 Å². The molecule has 2 aromatic carbocycles. The number of hydrogen-bond donors (Lipinski definition) is 2. The third kappa shape index (κ3) is 7.45. The number of aryl methyl sites for hydroxylation is 4. The second-order valence-corrected chi connectivity index (χ2v) is 11.4. The van der Waals surface area contributed by atoms with Crippen LogP contribution in [0.2, 0.25) is 0 Å². The minimum atomic E-state index is -0.349. The fraction of sp³-hybridized carbons (Fsp3) is 0.485. The Hall–Kier alpha value is -3.32. The molecular formula is C33H44FN5O. The number of rotatable bonds is 9. The number of benzene rings is 2. The zero-order valence-electron chi connectivity index (χ0n) is 25.0. The maximum atomic E-state index is 12.0. The molecule has 40 heavy (non-hydrogen) atoms. The van der Waals surface area contributed by atoms with E-state index in [-0.39, 0.29) is 6.67 Å². The summed E-state index contributed by atoms with van der Waals surface area (Å²) in [7, 11) is 0. The standard InChI is InChI=1S/C19H22N2O.C14H22FN3/c1-4-10-22-19-9-7-15(11-14(19)5-2)16-6-8-17-18(12-16)21-13(3)20-17;1-10-11-8-14(2,3)5-4-12(11)18-13(17-10)9-16-7-6-15/h6-9,11-12H,4-5,10H2,1-3H3,(H,20,21);16H,4-9H2,1-3H3. The summed E-state index contributed by atoms with van der Waals surface area (Å²) in [6, 6.07) is 12.8. The average Bonchev–Trinajstić information content (AvgIpc) is 3.32. The monoisotopic (exact) mass is 545 g/mol. The number of aromatic nitrogens is 4. The minimum absolute atomic E-state index is 0.349. The second kappa shape index (κ2) is 13.4. The number of alkyl halides is 1. The van der Waals surface area contributed by atoms with Gasteiger partial charge in [-0.2, -0.15) is 0 Å². The van der Waals surface area contributed by atoms with E-state index in [0.717, 1.165) is 66.4 Å². The largest absolute Gasteiger partial charge is 0.493 e. The van der Waals surface area contributed by atoms with E-state index >= 15 is 0 Å². The third-order valence-electron chi connectivity index (χ3n) is 7.43. The van der Waals surface area contributed by atoms with Crippen LogP contribution in [0.3, 0.4) is 0 Å². The van der Waals surface area contributed by atoms with Crippen molar-refractivity contribution in [2.45, 2.75) is 80.2 Å². The van der Waals surface area contributed by atoms with Gasteiger partial charge in [0.1, 0.15) is 24.1 Å². The van der Waals surface area contributed by atoms with E-state index in [4.69, 9.17) is 4.74 Å². The van der Waals surface area contributed by atoms with Crippen molar-refractivity contribution in [3.63, 3.8) is 0 Å². The summed E-state index contributed by atoms with van der Waals surface area (Å²) < 4.78 is 17.9. The van der Waals surface area contributed by atoms with E-state index in [9.17, 15) is 4.39 Å². The number of fused-ring (bicyclic) bond motifs is 2. The molecule has 0 fully saturated rings. The molecule has 7 heteroatoms. The molecule has 0 atom stereocenters. The van der Waals surface area contributed by atoms with Crippen LogP contribution in [0, 0.1) is 19.3 Å². The van der Waals surface area contributed by atoms with Crippen LogP contribution in [0.25, 0.3) is 22.2 Å². The average molecular weight is 546 g/mol. The number of ether oxygens (including phenoxy) is 1. The molecule has 0 saturated heterocycles. The van der Waals surface area contributed by atoms with Crippen LogP contribution >= 0.6 is 0 Å². The van der Waals surface area contributed by atoms with Crippen LogP contribution in [-0.2, 0) is 25.8 Å². The van der Waals surface area contributed by atoms with Crippen molar-refractivity contribution in [1.82, 2.24) is 25.3 Å². The molecule has 0 aliphatic heterocycles. The molecule has 2 aromatic heterocycles. The molecule has 214 valence electrons. The quantitative estimate of drug-likeness (QED) is 0.217. The van der Waals surface area contributed by atoms with E-state index < -0.39 is 0 Å². The number of hydrogen-bond acceptors (Lipinski definition) is 5. The Bertz CT molecular complexity index is 1430. The van der Waals surface area contributed by atoms with E-state index in [2.05, 4.69) is 96.3 Å². The number of imidazole rings is 1. The van der Waals surface area contributed by atoms with E-state index in [0.29, 0.717) is 18.5 Å². The molecule has 0 radical (unpaired) electrons. The highest BCUT2D eigenvalue weighted by Gasteiger charge is 2.28. The summed E-state index contributed by atoms with van der Waals surface area (Å²) >= 11 is 0. The van der Waals surface area contributed by atoms with Gasteiger partial charge in [-0.15, -0.1) is 0 Å². The fourth-order valence-electron chi connectivity index (χ4n) is 5.23. The molecule has 2 heterocycles. The van der Waals surface area contributed by atoms with Gasteiger partial charge >= 0.3 is 0 Å². The van der Waals surface area contributed by atoms with Crippen LogP contribution < -0.4 is 10.1 Å². The number of aromatic amines is 1. The van der Waals surface area contributed by atoms with Crippen molar-refractivity contribution in [1.29, 1.82) is 0 Å². The first-order valence-corrected chi connectivity index (χ1v) is 14.6. The van der Waals surface area contributed by atoms with Crippen molar-refractivity contribution in [2.24, 2.45) is 5.41 Å². The van der Waals surface area contributed by atoms with Gasteiger partial charge in [-0.3, -0.25) is 0 Å². The van der Waals surface area contributed by atoms with Crippen LogP contribution in [0.15, 0.2) is 36.4 Å². The van der Waals surface area contributed by atoms with Gasteiger partial charge in [0, 0.05) is 17.9 Å². The van der Waals surface area contributed by atoms with Crippen molar-refractivity contribution in [3.05, 3.63) is 70.6 Å². The summed E-state index contributed by atoms with van der Waals surface area (Å²) in [6.45, 7) is 14.3. The van der Waals surface area contributed by atoms with Crippen LogP contribution in [0.5, 0.6) is 5.75 Å². The normalized spacial score (nSPS) is 14.0. The van der Waals surface area contributed by atoms with Crippen molar-refractivity contribution >= 4 is 11.0 Å². The smallest absolute Gasteiger partial charge is 0.142 e. The number of halogens is 1. The molecule has 6 nitrogen and oxygen atoms in total. The van der Waals surface area contributed by atoms with Gasteiger partial charge in [-0.25, -0.2) is 19.3 Å². The molecule has 0 spiro atoms. The number of nitrogens with one attached hydrogen (secondary N) is 2. The van der Waals surface area contributed by atoms with E-state index in [1.807, 2.05) is 6.92 Å². The van der Waals surface area contributed by atoms with Gasteiger partial charge in [-0.1, -0.05) is 39.8 Å². The van der Waals surface area contributed by atoms with E-state index in [1.54, 1.807) is 0 Å². The first-order chi connectivity index (χ1) is 19.2. The summed E-state index contributed by atoms with van der Waals surface area (Å²) in [5.41, 5.74) is 9.73. The Balaban J connectivity index is 0.000000189. The second-order valence-electron chi connectivity index (χ2n) is 11.4. The lowest BCUT2D eigenvalue weighted by molar-refractivity contribution is 0.310. The highest BCUT2D eigenvalue weighted by Crippen LogP contribution is 2.35. The lowest BCUT2D eigenvalue weighted by Crippen LogP contribution is -2.26. The fourth-order valence-corrected chi connectivity index (χ4v) is 5.23. The van der Waals surface area contributed by atoms with E-state index in [1.165, 1.54) is 34.4 Å². The van der Waals surface area contributed by atoms with Crippen molar-refractivity contribution in [3.8, 4) is 16.9 Å². The Morgan fingerprint density at radius 1 is 1.02 bits per heavy atom. The molecule has 0 bridgehead atoms. The predicted octanol–water partition coefficient (Wildman–Crippen LogP) is 7.25. The minimum Gasteiger partial charge on any atom is -0.493 e. The van der Waals surface area contributed by atoms with Gasteiger partial charge in [0.05, 0.1) is 24.2 Å². The highest BCUT2D eigenvalue weighted by molar-refractivity contribution is 5.82. The summed E-state index contributed by atoms with van der Waals surface area (Å²) in [6.07, 6.45) is 5.26. The molecule has 5 rings (SSSR count). The van der Waals surface area contributed by atoms with Crippen LogP contribution in [0.4, 0.5) is 4.39 Å². The Kier molecular flexibility index (Phi) is 9.90. The Labute approximate surface area is 238 Å². The molecule has 0 unspecified atom stereocenters. The summed E-state index contributed by atoms with van der Waals surface area (Å²) in [4.78, 5) is 16.9. The van der Waals surface area contributed by atoms with Gasteiger partial charge < -0.3 is 15.0 Å². The number of nitrogens with zero attached hydrogens (tertiary/aromatic N) is 3. The number of H-pyrrole nitrogens is 1. The molecule has 1 aliphatic rings. The first-order valence-electron chi connectivity index (χ1n) is 14.6. The van der Waals surface area contributed by atoms with Gasteiger partial charge in [0.25, 0.3) is 0 Å². The predicted molar refractivity (Wildman–Crippen MR) is 162 cm³/mol. The molecule has 4 aromatic rings. The lowest BCUT2D eigenvalue weighted by atomic mass is 9.75.